The van der Waals surface area contributed by atoms with Crippen LogP contribution in [-0.4, -0.2) is 59.8 Å². The Labute approximate surface area is 167 Å². The summed E-state index contributed by atoms with van der Waals surface area (Å²) in [7, 11) is -0.0187. The minimum absolute atomic E-state index is 0.00853. The summed E-state index contributed by atoms with van der Waals surface area (Å²) in [5, 5.41) is 8.79. The van der Waals surface area contributed by atoms with Gasteiger partial charge in [0.2, 0.25) is 10.0 Å². The number of benzene rings is 1. The number of carbonyl (C=O) groups excluding carboxylic acids is 1. The second-order valence-electron chi connectivity index (χ2n) is 6.92. The monoisotopic (exact) mass is 409 g/mol. The molecule has 0 aromatic heterocycles. The van der Waals surface area contributed by atoms with Crippen molar-refractivity contribution in [3.05, 3.63) is 35.4 Å². The lowest BCUT2D eigenvalue weighted by Gasteiger charge is -2.25. The van der Waals surface area contributed by atoms with Gasteiger partial charge in [0, 0.05) is 39.3 Å². The molecule has 8 nitrogen and oxygen atoms in total. The highest BCUT2D eigenvalue weighted by Gasteiger charge is 2.20. The fourth-order valence-corrected chi connectivity index (χ4v) is 3.88. The molecule has 1 aromatic carbocycles. The van der Waals surface area contributed by atoms with Crippen LogP contribution in [0.2, 0.25) is 0 Å². The number of carbonyl (C=O) groups is 1. The van der Waals surface area contributed by atoms with Crippen molar-refractivity contribution in [2.75, 3.05) is 39.5 Å². The average molecular weight is 410 g/mol. The molecule has 1 aliphatic carbocycles. The first kappa shape index (κ1) is 22.2. The average Bonchev–Trinajstić information content (AvgIpc) is 2.65. The highest BCUT2D eigenvalue weighted by atomic mass is 32.2. The molecule has 1 saturated carbocycles. The number of guanidine groups is 1. The Kier molecular flexibility index (Phi) is 8.72. The number of nitrogens with zero attached hydrogens (tertiary/aromatic N) is 1. The molecule has 0 atom stereocenters. The van der Waals surface area contributed by atoms with Crippen molar-refractivity contribution in [3.8, 4) is 0 Å². The summed E-state index contributed by atoms with van der Waals surface area (Å²) >= 11 is 0. The van der Waals surface area contributed by atoms with Crippen LogP contribution in [0.15, 0.2) is 29.3 Å². The van der Waals surface area contributed by atoms with Gasteiger partial charge in [-0.25, -0.2) is 13.1 Å². The highest BCUT2D eigenvalue weighted by Crippen LogP contribution is 2.25. The van der Waals surface area contributed by atoms with Crippen molar-refractivity contribution in [3.63, 3.8) is 0 Å². The molecule has 0 spiro atoms. The van der Waals surface area contributed by atoms with Gasteiger partial charge in [-0.15, -0.1) is 0 Å². The number of nitrogens with one attached hydrogen (secondary N) is 4. The van der Waals surface area contributed by atoms with Gasteiger partial charge in [0.25, 0.3) is 5.91 Å². The third-order valence-electron chi connectivity index (χ3n) is 4.83. The van der Waals surface area contributed by atoms with E-state index < -0.39 is 10.0 Å². The van der Waals surface area contributed by atoms with Gasteiger partial charge in [-0.3, -0.25) is 9.79 Å². The molecule has 0 bridgehead atoms. The van der Waals surface area contributed by atoms with Gasteiger partial charge in [-0.1, -0.05) is 18.6 Å². The van der Waals surface area contributed by atoms with Crippen LogP contribution in [-0.2, 0) is 16.4 Å². The molecule has 4 N–H and O–H groups in total. The fraction of sp³-hybridized carbons (Fsp3) is 0.579. The number of hydrogen-bond donors (Lipinski definition) is 4. The van der Waals surface area contributed by atoms with E-state index in [0.29, 0.717) is 37.0 Å². The highest BCUT2D eigenvalue weighted by molar-refractivity contribution is 7.89. The summed E-state index contributed by atoms with van der Waals surface area (Å²) in [4.78, 5) is 15.8. The second kappa shape index (κ2) is 11.0. The summed E-state index contributed by atoms with van der Waals surface area (Å²) in [6.07, 6.45) is 4.14. The normalized spacial score (nSPS) is 15.0. The molecular weight excluding hydrogens is 378 g/mol. The molecule has 1 aliphatic rings. The van der Waals surface area contributed by atoms with Gasteiger partial charge < -0.3 is 16.0 Å². The quantitative estimate of drug-likeness (QED) is 0.332. The third-order valence-corrected chi connectivity index (χ3v) is 6.17. The first-order chi connectivity index (χ1) is 13.4. The molecular formula is C19H31N5O3S. The molecule has 1 aromatic rings. The van der Waals surface area contributed by atoms with E-state index in [2.05, 4.69) is 25.7 Å². The Hall–Kier alpha value is -2.13. The number of sulfonamides is 1. The van der Waals surface area contributed by atoms with Crippen molar-refractivity contribution in [2.24, 2.45) is 10.9 Å². The Balaban J connectivity index is 1.69. The van der Waals surface area contributed by atoms with Crippen LogP contribution in [0.5, 0.6) is 0 Å². The molecule has 156 valence electrons. The Bertz CT molecular complexity index is 776. The van der Waals surface area contributed by atoms with Crippen LogP contribution in [0.4, 0.5) is 0 Å². The van der Waals surface area contributed by atoms with Crippen molar-refractivity contribution in [1.82, 2.24) is 20.7 Å². The van der Waals surface area contributed by atoms with E-state index in [0.717, 1.165) is 18.4 Å². The van der Waals surface area contributed by atoms with Crippen LogP contribution in [0.25, 0.3) is 0 Å². The number of aliphatic imine (C=N–C) groups is 1. The topological polar surface area (TPSA) is 112 Å². The van der Waals surface area contributed by atoms with Gasteiger partial charge in [-0.05, 0) is 42.9 Å². The molecule has 9 heteroatoms. The molecule has 0 radical (unpaired) electrons. The van der Waals surface area contributed by atoms with E-state index in [1.54, 1.807) is 20.2 Å². The first-order valence-electron chi connectivity index (χ1n) is 9.66. The largest absolute Gasteiger partial charge is 0.356 e. The predicted octanol–water partition coefficient (Wildman–Crippen LogP) is 0.473. The minimum atomic E-state index is -3.27. The van der Waals surface area contributed by atoms with E-state index in [9.17, 15) is 13.2 Å². The summed E-state index contributed by atoms with van der Waals surface area (Å²) in [5.41, 5.74) is 1.66. The third kappa shape index (κ3) is 7.47. The lowest BCUT2D eigenvalue weighted by Crippen LogP contribution is -2.42. The van der Waals surface area contributed by atoms with Crippen LogP contribution in [0.1, 0.15) is 35.2 Å². The second-order valence-corrected chi connectivity index (χ2v) is 8.85. The van der Waals surface area contributed by atoms with Crippen molar-refractivity contribution >= 4 is 21.9 Å². The predicted molar refractivity (Wildman–Crippen MR) is 112 cm³/mol. The fourth-order valence-electron chi connectivity index (χ4n) is 2.88. The number of amides is 1. The van der Waals surface area contributed by atoms with E-state index in [1.807, 2.05) is 18.2 Å². The summed E-state index contributed by atoms with van der Waals surface area (Å²) in [6, 6.07) is 7.45. The molecule has 1 amide bonds. The maximum atomic E-state index is 12.0. The minimum Gasteiger partial charge on any atom is -0.356 e. The Morgan fingerprint density at radius 3 is 2.61 bits per heavy atom. The maximum Gasteiger partial charge on any atom is 0.251 e. The molecule has 0 unspecified atom stereocenters. The SMILES string of the molecule is CN=C(NCCc1cccc(C(=O)NC)c1)NCCS(=O)(=O)NCC1CCC1. The number of hydrogen-bond acceptors (Lipinski definition) is 4. The lowest BCUT2D eigenvalue weighted by molar-refractivity contribution is 0.0963. The van der Waals surface area contributed by atoms with Gasteiger partial charge in [0.05, 0.1) is 5.75 Å². The lowest BCUT2D eigenvalue weighted by atomic mass is 9.86. The van der Waals surface area contributed by atoms with Crippen LogP contribution in [0.3, 0.4) is 0 Å². The van der Waals surface area contributed by atoms with E-state index >= 15 is 0 Å². The summed E-state index contributed by atoms with van der Waals surface area (Å²) in [6.45, 7) is 1.44. The van der Waals surface area contributed by atoms with Gasteiger partial charge >= 0.3 is 0 Å². The van der Waals surface area contributed by atoms with Crippen LogP contribution < -0.4 is 20.7 Å². The zero-order chi connectivity index (χ0) is 20.4. The molecule has 0 heterocycles. The van der Waals surface area contributed by atoms with E-state index in [4.69, 9.17) is 0 Å². The molecule has 2 rings (SSSR count). The van der Waals surface area contributed by atoms with Crippen LogP contribution >= 0.6 is 0 Å². The molecule has 1 fully saturated rings. The smallest absolute Gasteiger partial charge is 0.251 e. The standard InChI is InChI=1S/C19H31N5O3S/c1-20-18(25)17-8-4-5-15(13-17)9-10-22-19(21-2)23-11-12-28(26,27)24-14-16-6-3-7-16/h4-5,8,13,16,24H,3,6-7,9-12,14H2,1-2H3,(H,20,25)(H2,21,22,23). The summed E-state index contributed by atoms with van der Waals surface area (Å²) in [5.74, 6) is 0.948. The van der Waals surface area contributed by atoms with Gasteiger partial charge in [0.1, 0.15) is 0 Å². The van der Waals surface area contributed by atoms with Crippen LogP contribution in [0, 0.1) is 5.92 Å². The maximum absolute atomic E-state index is 12.0. The van der Waals surface area contributed by atoms with Crippen molar-refractivity contribution in [1.29, 1.82) is 0 Å². The van der Waals surface area contributed by atoms with E-state index in [-0.39, 0.29) is 18.2 Å². The Morgan fingerprint density at radius 1 is 1.21 bits per heavy atom. The molecule has 0 saturated heterocycles. The van der Waals surface area contributed by atoms with Gasteiger partial charge in [0.15, 0.2) is 5.96 Å². The number of rotatable bonds is 10. The zero-order valence-corrected chi connectivity index (χ0v) is 17.4. The van der Waals surface area contributed by atoms with Crippen molar-refractivity contribution in [2.45, 2.75) is 25.7 Å². The van der Waals surface area contributed by atoms with Gasteiger partial charge in [-0.2, -0.15) is 0 Å². The Morgan fingerprint density at radius 2 is 1.96 bits per heavy atom. The molecule has 0 aliphatic heterocycles. The van der Waals surface area contributed by atoms with E-state index in [1.165, 1.54) is 6.42 Å². The zero-order valence-electron chi connectivity index (χ0n) is 16.6. The first-order valence-corrected chi connectivity index (χ1v) is 11.3. The van der Waals surface area contributed by atoms with Crippen molar-refractivity contribution < 1.29 is 13.2 Å². The summed E-state index contributed by atoms with van der Waals surface area (Å²) < 4.78 is 26.7. The molecule has 28 heavy (non-hydrogen) atoms.